The topological polar surface area (TPSA) is 34.1 Å². The Bertz CT molecular complexity index is 436. The third-order valence-corrected chi connectivity index (χ3v) is 4.17. The first-order chi connectivity index (χ1) is 8.58. The summed E-state index contributed by atoms with van der Waals surface area (Å²) in [5.74, 6) is 0.751. The zero-order valence-electron chi connectivity index (χ0n) is 11.1. The van der Waals surface area contributed by atoms with Crippen molar-refractivity contribution in [3.63, 3.8) is 0 Å². The van der Waals surface area contributed by atoms with E-state index in [1.165, 1.54) is 5.56 Å². The summed E-state index contributed by atoms with van der Waals surface area (Å²) in [6.45, 7) is 3.61. The van der Waals surface area contributed by atoms with Crippen molar-refractivity contribution in [1.82, 2.24) is 0 Å². The van der Waals surface area contributed by atoms with Crippen LogP contribution < -0.4 is 0 Å². The summed E-state index contributed by atoms with van der Waals surface area (Å²) in [6.07, 6.45) is 2.20. The maximum atomic E-state index is 12.0. The third-order valence-electron chi connectivity index (χ3n) is 4.17. The van der Waals surface area contributed by atoms with Crippen LogP contribution in [0.3, 0.4) is 0 Å². The van der Waals surface area contributed by atoms with Gasteiger partial charge in [-0.15, -0.1) is 0 Å². The minimum Gasteiger partial charge on any atom is -0.300 e. The molecule has 2 rings (SSSR count). The second kappa shape index (κ2) is 5.47. The molecule has 0 spiro atoms. The van der Waals surface area contributed by atoms with Crippen LogP contribution in [0.5, 0.6) is 0 Å². The van der Waals surface area contributed by atoms with E-state index in [9.17, 15) is 9.59 Å². The van der Waals surface area contributed by atoms with Crippen molar-refractivity contribution in [2.45, 2.75) is 33.1 Å². The Morgan fingerprint density at radius 3 is 2.56 bits per heavy atom. The van der Waals surface area contributed by atoms with Crippen molar-refractivity contribution in [3.05, 3.63) is 35.9 Å². The Kier molecular flexibility index (Phi) is 3.95. The highest BCUT2D eigenvalue weighted by molar-refractivity contribution is 5.89. The Hall–Kier alpha value is -1.44. The van der Waals surface area contributed by atoms with Crippen LogP contribution in [-0.4, -0.2) is 11.6 Å². The van der Waals surface area contributed by atoms with E-state index in [4.69, 9.17) is 0 Å². The van der Waals surface area contributed by atoms with Gasteiger partial charge in [0.15, 0.2) is 0 Å². The van der Waals surface area contributed by atoms with Crippen molar-refractivity contribution < 1.29 is 9.59 Å². The molecule has 0 aromatic heterocycles. The zero-order chi connectivity index (χ0) is 13.1. The van der Waals surface area contributed by atoms with E-state index in [-0.39, 0.29) is 23.4 Å². The molecule has 0 heterocycles. The third kappa shape index (κ3) is 2.87. The lowest BCUT2D eigenvalue weighted by atomic mass is 9.71. The number of ketones is 2. The van der Waals surface area contributed by atoms with Crippen molar-refractivity contribution >= 4 is 11.6 Å². The van der Waals surface area contributed by atoms with Crippen molar-refractivity contribution in [2.75, 3.05) is 0 Å². The molecule has 0 N–H and O–H groups in total. The molecule has 0 radical (unpaired) electrons. The van der Waals surface area contributed by atoms with Gasteiger partial charge in [0.25, 0.3) is 0 Å². The van der Waals surface area contributed by atoms with Gasteiger partial charge in [-0.3, -0.25) is 9.59 Å². The maximum Gasteiger partial charge on any atom is 0.136 e. The molecule has 1 aromatic rings. The molecule has 0 saturated heterocycles. The fraction of sp³-hybridized carbons (Fsp3) is 0.500. The van der Waals surface area contributed by atoms with Gasteiger partial charge < -0.3 is 0 Å². The lowest BCUT2D eigenvalue weighted by Gasteiger charge is -2.32. The normalized spacial score (nSPS) is 28.1. The van der Waals surface area contributed by atoms with E-state index in [1.54, 1.807) is 6.92 Å². The second-order valence-corrected chi connectivity index (χ2v) is 5.45. The average Bonchev–Trinajstić information content (AvgIpc) is 2.35. The second-order valence-electron chi connectivity index (χ2n) is 5.45. The highest BCUT2D eigenvalue weighted by atomic mass is 16.1. The summed E-state index contributed by atoms with van der Waals surface area (Å²) in [6, 6.07) is 10.2. The Balaban J connectivity index is 2.10. The molecule has 1 aliphatic rings. The van der Waals surface area contributed by atoms with E-state index < -0.39 is 0 Å². The first kappa shape index (κ1) is 13.0. The number of carbonyl (C=O) groups is 2. The molecular formula is C16H20O2. The molecule has 1 fully saturated rings. The van der Waals surface area contributed by atoms with Crippen LogP contribution in [0.15, 0.2) is 30.3 Å². The van der Waals surface area contributed by atoms with E-state index in [2.05, 4.69) is 12.1 Å². The highest BCUT2D eigenvalue weighted by Crippen LogP contribution is 2.34. The van der Waals surface area contributed by atoms with Crippen molar-refractivity contribution in [2.24, 2.45) is 17.8 Å². The Morgan fingerprint density at radius 2 is 1.94 bits per heavy atom. The van der Waals surface area contributed by atoms with Crippen LogP contribution >= 0.6 is 0 Å². The van der Waals surface area contributed by atoms with Gasteiger partial charge in [0.1, 0.15) is 11.6 Å². The van der Waals surface area contributed by atoms with Gasteiger partial charge >= 0.3 is 0 Å². The number of rotatable bonds is 3. The molecule has 2 nitrogen and oxygen atoms in total. The molecule has 3 atom stereocenters. The molecule has 96 valence electrons. The van der Waals surface area contributed by atoms with Crippen LogP contribution in [0, 0.1) is 17.8 Å². The lowest BCUT2D eigenvalue weighted by Crippen LogP contribution is -2.35. The molecule has 0 unspecified atom stereocenters. The monoisotopic (exact) mass is 244 g/mol. The molecule has 18 heavy (non-hydrogen) atoms. The van der Waals surface area contributed by atoms with Gasteiger partial charge in [0.2, 0.25) is 0 Å². The summed E-state index contributed by atoms with van der Waals surface area (Å²) in [5.41, 5.74) is 1.26. The fourth-order valence-electron chi connectivity index (χ4n) is 2.83. The maximum absolute atomic E-state index is 12.0. The van der Waals surface area contributed by atoms with Crippen molar-refractivity contribution in [1.29, 1.82) is 0 Å². The van der Waals surface area contributed by atoms with E-state index in [1.807, 2.05) is 25.1 Å². The summed E-state index contributed by atoms with van der Waals surface area (Å²) in [5, 5.41) is 0. The molecular weight excluding hydrogens is 224 g/mol. The quantitative estimate of drug-likeness (QED) is 0.819. The number of hydrogen-bond donors (Lipinski definition) is 0. The first-order valence-electron chi connectivity index (χ1n) is 6.65. The predicted molar refractivity (Wildman–Crippen MR) is 71.2 cm³/mol. The van der Waals surface area contributed by atoms with Crippen LogP contribution in [0.1, 0.15) is 32.3 Å². The van der Waals surface area contributed by atoms with Gasteiger partial charge in [0.05, 0.1) is 0 Å². The van der Waals surface area contributed by atoms with Crippen LogP contribution in [-0.2, 0) is 16.0 Å². The minimum atomic E-state index is -0.0533. The first-order valence-corrected chi connectivity index (χ1v) is 6.65. The minimum absolute atomic E-state index is 0.0533. The molecule has 0 aliphatic heterocycles. The van der Waals surface area contributed by atoms with Gasteiger partial charge in [-0.1, -0.05) is 37.3 Å². The van der Waals surface area contributed by atoms with Crippen LogP contribution in [0.4, 0.5) is 0 Å². The largest absolute Gasteiger partial charge is 0.300 e. The summed E-state index contributed by atoms with van der Waals surface area (Å²) < 4.78 is 0. The molecule has 1 aromatic carbocycles. The fourth-order valence-corrected chi connectivity index (χ4v) is 2.83. The molecule has 1 aliphatic carbocycles. The summed E-state index contributed by atoms with van der Waals surface area (Å²) in [4.78, 5) is 23.5. The SMILES string of the molecule is CC(=O)[C@@H]1CC(=O)[C@H](C)[C@H](Cc2ccccc2)C1. The van der Waals surface area contributed by atoms with E-state index >= 15 is 0 Å². The van der Waals surface area contributed by atoms with Crippen molar-refractivity contribution in [3.8, 4) is 0 Å². The van der Waals surface area contributed by atoms with Gasteiger partial charge in [-0.2, -0.15) is 0 Å². The van der Waals surface area contributed by atoms with Gasteiger partial charge in [-0.25, -0.2) is 0 Å². The molecule has 1 saturated carbocycles. The summed E-state index contributed by atoms with van der Waals surface area (Å²) >= 11 is 0. The smallest absolute Gasteiger partial charge is 0.136 e. The highest BCUT2D eigenvalue weighted by Gasteiger charge is 2.35. The average molecular weight is 244 g/mol. The summed E-state index contributed by atoms with van der Waals surface area (Å²) in [7, 11) is 0. The van der Waals surface area contributed by atoms with Crippen LogP contribution in [0.2, 0.25) is 0 Å². The Morgan fingerprint density at radius 1 is 1.28 bits per heavy atom. The van der Waals surface area contributed by atoms with E-state index in [0.717, 1.165) is 12.8 Å². The molecule has 2 heteroatoms. The number of benzene rings is 1. The predicted octanol–water partition coefficient (Wildman–Crippen LogP) is 3.05. The van der Waals surface area contributed by atoms with Crippen LogP contribution in [0.25, 0.3) is 0 Å². The van der Waals surface area contributed by atoms with Gasteiger partial charge in [0, 0.05) is 18.3 Å². The molecule has 0 amide bonds. The van der Waals surface area contributed by atoms with E-state index in [0.29, 0.717) is 12.3 Å². The molecule has 0 bridgehead atoms. The van der Waals surface area contributed by atoms with Gasteiger partial charge in [-0.05, 0) is 31.2 Å². The number of hydrogen-bond acceptors (Lipinski definition) is 2. The number of carbonyl (C=O) groups excluding carboxylic acids is 2. The lowest BCUT2D eigenvalue weighted by molar-refractivity contribution is -0.133. The standard InChI is InChI=1S/C16H20O2/c1-11-14(8-13-6-4-3-5-7-13)9-15(12(2)17)10-16(11)18/h3-7,11,14-15H,8-10H2,1-2H3/t11-,14-,15+/m1/s1. The number of Topliss-reactive ketones (excluding diaryl/α,β-unsaturated/α-hetero) is 2. The Labute approximate surface area is 108 Å². The zero-order valence-corrected chi connectivity index (χ0v) is 11.1.